The Labute approximate surface area is 298 Å². The van der Waals surface area contributed by atoms with Gasteiger partial charge in [0.15, 0.2) is 21.0 Å². The molecular formula is C38H35N5O6S2. The zero-order valence-electron chi connectivity index (χ0n) is 27.5. The highest BCUT2D eigenvalue weighted by atomic mass is 32.3. The third-order valence-corrected chi connectivity index (χ3v) is 11.8. The number of carbonyl (C=O) groups excluding carboxylic acids is 1. The Morgan fingerprint density at radius 2 is 1.33 bits per heavy atom. The number of sulfonamides is 1. The SMILES string of the molecule is O=C([C@H](Cc1ccc(O[S+](=O)([O-])c2cccc3cnccc23)cc1)N[S+](=O)([O-])c1cccc2cnccc12)N1CCN(Cc2ccccc2)CC1. The first-order valence-electron chi connectivity index (χ1n) is 16.4. The molecule has 1 aliphatic heterocycles. The Kier molecular flexibility index (Phi) is 10.0. The third-order valence-electron chi connectivity index (χ3n) is 8.94. The topological polar surface area (TPSA) is 151 Å². The van der Waals surface area contributed by atoms with Crippen LogP contribution in [0.4, 0.5) is 0 Å². The van der Waals surface area contributed by atoms with E-state index in [9.17, 15) is 22.3 Å². The molecule has 6 aromatic rings. The summed E-state index contributed by atoms with van der Waals surface area (Å²) in [7, 11) is -8.36. The van der Waals surface area contributed by atoms with Gasteiger partial charge < -0.3 is 14.0 Å². The molecule has 0 aliphatic carbocycles. The van der Waals surface area contributed by atoms with Gasteiger partial charge in [-0.05, 0) is 47.5 Å². The van der Waals surface area contributed by atoms with Crippen molar-refractivity contribution < 1.29 is 26.5 Å². The van der Waals surface area contributed by atoms with Gasteiger partial charge in [-0.25, -0.2) is 0 Å². The van der Waals surface area contributed by atoms with Crippen LogP contribution in [0.1, 0.15) is 11.1 Å². The number of piperazine rings is 1. The van der Waals surface area contributed by atoms with Gasteiger partial charge in [0.1, 0.15) is 6.04 Å². The number of pyridine rings is 2. The molecule has 260 valence electrons. The number of rotatable bonds is 11. The Balaban J connectivity index is 1.11. The van der Waals surface area contributed by atoms with Crippen LogP contribution in [0.15, 0.2) is 138 Å². The summed E-state index contributed by atoms with van der Waals surface area (Å²) < 4.78 is 62.6. The summed E-state index contributed by atoms with van der Waals surface area (Å²) >= 11 is 0. The lowest BCUT2D eigenvalue weighted by molar-refractivity contribution is -0.134. The number of benzene rings is 4. The fraction of sp³-hybridized carbons (Fsp3) is 0.184. The highest BCUT2D eigenvalue weighted by Gasteiger charge is 2.35. The zero-order valence-corrected chi connectivity index (χ0v) is 29.1. The van der Waals surface area contributed by atoms with E-state index in [4.69, 9.17) is 4.18 Å². The Morgan fingerprint density at radius 1 is 0.725 bits per heavy atom. The number of hydrogen-bond acceptors (Lipinski definition) is 9. The zero-order chi connectivity index (χ0) is 35.4. The van der Waals surface area contributed by atoms with Crippen LogP contribution in [0, 0.1) is 0 Å². The first-order chi connectivity index (χ1) is 24.7. The van der Waals surface area contributed by atoms with Crippen molar-refractivity contribution >= 4 is 48.3 Å². The molecule has 13 heteroatoms. The fourth-order valence-electron chi connectivity index (χ4n) is 6.34. The van der Waals surface area contributed by atoms with Crippen LogP contribution in [-0.2, 0) is 47.1 Å². The predicted octanol–water partition coefficient (Wildman–Crippen LogP) is 5.21. The molecule has 4 aromatic carbocycles. The molecule has 7 rings (SSSR count). The summed E-state index contributed by atoms with van der Waals surface area (Å²) in [6, 6.07) is 28.3. The van der Waals surface area contributed by atoms with Gasteiger partial charge >= 0.3 is 0 Å². The molecule has 0 radical (unpaired) electrons. The van der Waals surface area contributed by atoms with E-state index >= 15 is 0 Å². The second-order valence-corrected chi connectivity index (χ2v) is 15.5. The average molecular weight is 722 g/mol. The van der Waals surface area contributed by atoms with Crippen molar-refractivity contribution in [1.29, 1.82) is 0 Å². The third kappa shape index (κ3) is 7.89. The maximum absolute atomic E-state index is 14.1. The van der Waals surface area contributed by atoms with Crippen LogP contribution >= 0.6 is 0 Å². The van der Waals surface area contributed by atoms with Gasteiger partial charge in [0.25, 0.3) is 10.5 Å². The van der Waals surface area contributed by atoms with Crippen molar-refractivity contribution in [2.24, 2.45) is 0 Å². The maximum Gasteiger partial charge on any atom is 0.269 e. The van der Waals surface area contributed by atoms with E-state index in [2.05, 4.69) is 31.7 Å². The maximum atomic E-state index is 14.1. The van der Waals surface area contributed by atoms with E-state index in [1.54, 1.807) is 65.8 Å². The minimum atomic E-state index is -4.19. The van der Waals surface area contributed by atoms with Crippen LogP contribution in [0.3, 0.4) is 0 Å². The minimum absolute atomic E-state index is 0.0135. The highest BCUT2D eigenvalue weighted by molar-refractivity contribution is 7.96. The molecule has 1 fully saturated rings. The van der Waals surface area contributed by atoms with E-state index in [1.165, 1.54) is 42.2 Å². The standard InChI is InChI=1S/C38H35N5O6S2/c44-38(43-22-20-42(21-23-43)27-29-6-2-1-3-7-29)35(41-50(45,46)36-10-4-8-30-25-39-18-16-33(30)36)24-28-12-14-32(15-13-28)49-51(47,48)37-11-5-9-31-26-40-19-17-34(31)37/h1-19,25-26,35H,20-24,27H2,(H-2,41,45,46,47,48)/t35-/m0/s1. The molecular weight excluding hydrogens is 687 g/mol. The number of hydrogen-bond donors (Lipinski definition) is 1. The number of aromatic nitrogens is 2. The predicted molar refractivity (Wildman–Crippen MR) is 194 cm³/mol. The summed E-state index contributed by atoms with van der Waals surface area (Å²) in [5.41, 5.74) is 1.80. The normalized spacial score (nSPS) is 16.7. The average Bonchev–Trinajstić information content (AvgIpc) is 3.15. The number of amides is 1. The number of nitrogens with one attached hydrogen (secondary N) is 1. The van der Waals surface area contributed by atoms with Gasteiger partial charge in [-0.2, -0.15) is 0 Å². The molecule has 11 nitrogen and oxygen atoms in total. The van der Waals surface area contributed by atoms with E-state index in [1.807, 2.05) is 18.2 Å². The summed E-state index contributed by atoms with van der Waals surface area (Å²) in [6.07, 6.45) is 6.24. The molecule has 1 aliphatic rings. The van der Waals surface area contributed by atoms with E-state index in [0.29, 0.717) is 53.3 Å². The molecule has 0 saturated carbocycles. The minimum Gasteiger partial charge on any atom is -0.593 e. The molecule has 1 saturated heterocycles. The van der Waals surface area contributed by atoms with Gasteiger partial charge in [0.2, 0.25) is 10.8 Å². The van der Waals surface area contributed by atoms with Crippen LogP contribution in [0.2, 0.25) is 0 Å². The molecule has 3 atom stereocenters. The van der Waals surface area contributed by atoms with Crippen molar-refractivity contribution in [3.05, 3.63) is 139 Å². The summed E-state index contributed by atoms with van der Waals surface area (Å²) in [5, 5.41) is 2.30. The van der Waals surface area contributed by atoms with Gasteiger partial charge in [-0.15, -0.1) is 4.72 Å². The molecule has 1 N–H and O–H groups in total. The van der Waals surface area contributed by atoms with Gasteiger partial charge in [-0.3, -0.25) is 23.8 Å². The van der Waals surface area contributed by atoms with E-state index in [0.717, 1.165) is 6.54 Å². The molecule has 51 heavy (non-hydrogen) atoms. The van der Waals surface area contributed by atoms with Crippen molar-refractivity contribution in [2.45, 2.75) is 28.8 Å². The van der Waals surface area contributed by atoms with Crippen LogP contribution in [-0.4, -0.2) is 67.0 Å². The van der Waals surface area contributed by atoms with Gasteiger partial charge in [-0.1, -0.05) is 75.1 Å². The van der Waals surface area contributed by atoms with Gasteiger partial charge in [0.05, 0.1) is 0 Å². The lowest BCUT2D eigenvalue weighted by Gasteiger charge is -2.36. The van der Waals surface area contributed by atoms with E-state index in [-0.39, 0.29) is 27.9 Å². The number of carbonyl (C=O) groups is 1. The summed E-state index contributed by atoms with van der Waals surface area (Å²) in [5.74, 6) is -0.264. The monoisotopic (exact) mass is 721 g/mol. The number of fused-ring (bicyclic) bond motifs is 2. The molecule has 1 amide bonds. The molecule has 2 unspecified atom stereocenters. The van der Waals surface area contributed by atoms with Crippen molar-refractivity contribution in [3.63, 3.8) is 0 Å². The van der Waals surface area contributed by atoms with Crippen LogP contribution in [0.5, 0.6) is 5.75 Å². The molecule has 2 aromatic heterocycles. The Morgan fingerprint density at radius 3 is 1.98 bits per heavy atom. The second-order valence-electron chi connectivity index (χ2n) is 12.4. The highest BCUT2D eigenvalue weighted by Crippen LogP contribution is 2.30. The van der Waals surface area contributed by atoms with Crippen LogP contribution < -0.4 is 8.91 Å². The van der Waals surface area contributed by atoms with Crippen molar-refractivity contribution in [1.82, 2.24) is 24.5 Å². The van der Waals surface area contributed by atoms with Crippen LogP contribution in [0.25, 0.3) is 21.5 Å². The summed E-state index contributed by atoms with van der Waals surface area (Å²) in [4.78, 5) is 26.3. The van der Waals surface area contributed by atoms with Crippen molar-refractivity contribution in [2.75, 3.05) is 26.2 Å². The Bertz CT molecular complexity index is 2250. The lowest BCUT2D eigenvalue weighted by atomic mass is 10.0. The smallest absolute Gasteiger partial charge is 0.269 e. The largest absolute Gasteiger partial charge is 0.593 e. The lowest BCUT2D eigenvalue weighted by Crippen LogP contribution is -2.56. The molecule has 0 spiro atoms. The van der Waals surface area contributed by atoms with Gasteiger partial charge in [0, 0.05) is 85.5 Å². The molecule has 0 bridgehead atoms. The quantitative estimate of drug-likeness (QED) is 0.178. The Hall–Kier alpha value is -4.89. The molecule has 3 heterocycles. The number of nitrogens with zero attached hydrogens (tertiary/aromatic N) is 4. The second kappa shape index (κ2) is 14.8. The first kappa shape index (κ1) is 34.6. The fourth-order valence-corrected chi connectivity index (χ4v) is 8.92. The van der Waals surface area contributed by atoms with Crippen molar-refractivity contribution in [3.8, 4) is 5.75 Å². The summed E-state index contributed by atoms with van der Waals surface area (Å²) in [6.45, 7) is 2.93. The van der Waals surface area contributed by atoms with E-state index < -0.39 is 26.9 Å². The first-order valence-corrected chi connectivity index (χ1v) is 19.3.